The van der Waals surface area contributed by atoms with Crippen molar-refractivity contribution in [3.05, 3.63) is 59.7 Å². The molecule has 8 nitrogen and oxygen atoms in total. The number of fused-ring (bicyclic) bond motifs is 1. The van der Waals surface area contributed by atoms with E-state index in [0.717, 1.165) is 16.9 Å². The molecule has 4 rings (SSSR count). The molecule has 0 radical (unpaired) electrons. The minimum atomic E-state index is -3.88. The van der Waals surface area contributed by atoms with Crippen LogP contribution in [0.3, 0.4) is 0 Å². The molecule has 0 unspecified atom stereocenters. The highest BCUT2D eigenvalue weighted by Crippen LogP contribution is 2.37. The van der Waals surface area contributed by atoms with Gasteiger partial charge in [0.05, 0.1) is 12.8 Å². The van der Waals surface area contributed by atoms with Crippen molar-refractivity contribution in [1.29, 1.82) is 0 Å². The third kappa shape index (κ3) is 3.56. The normalized spacial score (nSPS) is 15.8. The largest absolute Gasteiger partial charge is 0.497 e. The van der Waals surface area contributed by atoms with E-state index in [9.17, 15) is 13.2 Å². The molecule has 3 aromatic rings. The quantitative estimate of drug-likeness (QED) is 0.625. The monoisotopic (exact) mass is 430 g/mol. The maximum absolute atomic E-state index is 13.2. The summed E-state index contributed by atoms with van der Waals surface area (Å²) in [6.07, 6.45) is 0.633. The first-order valence-corrected chi connectivity index (χ1v) is 11.1. The number of hydrogen-bond acceptors (Lipinski definition) is 7. The molecule has 0 bridgehead atoms. The Morgan fingerprint density at radius 3 is 2.79 bits per heavy atom. The lowest BCUT2D eigenvalue weighted by Gasteiger charge is -2.22. The van der Waals surface area contributed by atoms with Crippen LogP contribution in [0.2, 0.25) is 0 Å². The number of sulfonamides is 1. The molecule has 0 fully saturated rings. The maximum atomic E-state index is 13.2. The Hall–Kier alpha value is -2.98. The fourth-order valence-corrected chi connectivity index (χ4v) is 5.95. The first-order chi connectivity index (χ1) is 13.9. The van der Waals surface area contributed by atoms with Gasteiger partial charge in [0.2, 0.25) is 5.13 Å². The van der Waals surface area contributed by atoms with E-state index in [1.165, 1.54) is 11.4 Å². The van der Waals surface area contributed by atoms with Gasteiger partial charge in [-0.1, -0.05) is 35.6 Å². The van der Waals surface area contributed by atoms with Gasteiger partial charge in [-0.2, -0.15) is 8.42 Å². The molecule has 2 heterocycles. The number of methoxy groups -OCH3 is 1. The lowest BCUT2D eigenvalue weighted by molar-refractivity contribution is 0.102. The molecule has 0 aliphatic carbocycles. The van der Waals surface area contributed by atoms with Crippen LogP contribution in [0, 0.1) is 0 Å². The van der Waals surface area contributed by atoms with Crippen LogP contribution < -0.4 is 14.4 Å². The molecule has 1 aromatic heterocycles. The SMILES string of the molecule is COc1cccc(C(=O)Nc2nnc(S(=O)(=O)N3c4ccccc4C[C@H]3C)s2)c1. The minimum Gasteiger partial charge on any atom is -0.497 e. The van der Waals surface area contributed by atoms with Crippen molar-refractivity contribution in [3.8, 4) is 5.75 Å². The zero-order chi connectivity index (χ0) is 20.6. The molecule has 150 valence electrons. The predicted octanol–water partition coefficient (Wildman–Crippen LogP) is 2.94. The topological polar surface area (TPSA) is 101 Å². The first-order valence-electron chi connectivity index (χ1n) is 8.81. The van der Waals surface area contributed by atoms with Crippen LogP contribution in [0.15, 0.2) is 52.9 Å². The van der Waals surface area contributed by atoms with Gasteiger partial charge in [0.15, 0.2) is 0 Å². The van der Waals surface area contributed by atoms with E-state index in [4.69, 9.17) is 4.74 Å². The zero-order valence-corrected chi connectivity index (χ0v) is 17.3. The van der Waals surface area contributed by atoms with E-state index >= 15 is 0 Å². The molecule has 0 spiro atoms. The third-order valence-electron chi connectivity index (χ3n) is 4.58. The Morgan fingerprint density at radius 1 is 1.21 bits per heavy atom. The van der Waals surface area contributed by atoms with E-state index < -0.39 is 15.9 Å². The van der Waals surface area contributed by atoms with E-state index in [-0.39, 0.29) is 15.5 Å². The average molecular weight is 431 g/mol. The molecule has 0 saturated heterocycles. The van der Waals surface area contributed by atoms with E-state index in [2.05, 4.69) is 15.5 Å². The number of aromatic nitrogens is 2. The Bertz CT molecular complexity index is 1180. The summed E-state index contributed by atoms with van der Waals surface area (Å²) in [4.78, 5) is 12.4. The predicted molar refractivity (Wildman–Crippen MR) is 110 cm³/mol. The summed E-state index contributed by atoms with van der Waals surface area (Å²) >= 11 is 0.821. The van der Waals surface area contributed by atoms with E-state index in [1.54, 1.807) is 36.4 Å². The number of benzene rings is 2. The van der Waals surface area contributed by atoms with Crippen LogP contribution >= 0.6 is 11.3 Å². The van der Waals surface area contributed by atoms with Gasteiger partial charge in [-0.15, -0.1) is 10.2 Å². The summed E-state index contributed by atoms with van der Waals surface area (Å²) in [5.74, 6) is 0.115. The van der Waals surface area contributed by atoms with Crippen LogP contribution in [0.1, 0.15) is 22.8 Å². The summed E-state index contributed by atoms with van der Waals surface area (Å²) in [7, 11) is -2.37. The fourth-order valence-electron chi connectivity index (χ4n) is 3.29. The molecule has 1 aliphatic heterocycles. The van der Waals surface area contributed by atoms with Gasteiger partial charge in [0.1, 0.15) is 5.75 Å². The fraction of sp³-hybridized carbons (Fsp3) is 0.211. The van der Waals surface area contributed by atoms with Gasteiger partial charge in [-0.3, -0.25) is 14.4 Å². The highest BCUT2D eigenvalue weighted by Gasteiger charge is 2.38. The molecule has 1 aliphatic rings. The highest BCUT2D eigenvalue weighted by atomic mass is 32.2. The van der Waals surface area contributed by atoms with Crippen LogP contribution in [0.4, 0.5) is 10.8 Å². The number of carbonyl (C=O) groups excluding carboxylic acids is 1. The van der Waals surface area contributed by atoms with Gasteiger partial charge in [0.25, 0.3) is 20.3 Å². The van der Waals surface area contributed by atoms with Crippen LogP contribution in [-0.2, 0) is 16.4 Å². The second kappa shape index (κ2) is 7.45. The van der Waals surface area contributed by atoms with E-state index in [1.807, 2.05) is 19.1 Å². The first kappa shape index (κ1) is 19.3. The number of ether oxygens (including phenoxy) is 1. The number of rotatable bonds is 5. The van der Waals surface area contributed by atoms with Crippen molar-refractivity contribution in [3.63, 3.8) is 0 Å². The van der Waals surface area contributed by atoms with Crippen molar-refractivity contribution in [2.75, 3.05) is 16.7 Å². The van der Waals surface area contributed by atoms with Crippen molar-refractivity contribution in [2.45, 2.75) is 23.7 Å². The molecule has 1 N–H and O–H groups in total. The molecule has 29 heavy (non-hydrogen) atoms. The van der Waals surface area contributed by atoms with E-state index in [0.29, 0.717) is 23.4 Å². The number of hydrogen-bond donors (Lipinski definition) is 1. The Kier molecular flexibility index (Phi) is 4.97. The number of amides is 1. The molecule has 0 saturated carbocycles. The molecule has 1 amide bonds. The average Bonchev–Trinajstić information content (AvgIpc) is 3.32. The van der Waals surface area contributed by atoms with Crippen LogP contribution in [-0.4, -0.2) is 37.7 Å². The van der Waals surface area contributed by atoms with Crippen LogP contribution in [0.25, 0.3) is 0 Å². The van der Waals surface area contributed by atoms with Gasteiger partial charge in [-0.25, -0.2) is 0 Å². The summed E-state index contributed by atoms with van der Waals surface area (Å²) < 4.78 is 32.6. The van der Waals surface area contributed by atoms with Crippen LogP contribution in [0.5, 0.6) is 5.75 Å². The standard InChI is InChI=1S/C19H18N4O4S2/c1-12-10-13-6-3-4-9-16(13)23(12)29(25,26)19-22-21-18(28-19)20-17(24)14-7-5-8-15(11-14)27-2/h3-9,11-12H,10H2,1-2H3,(H,20,21,24)/t12-/m1/s1. The second-order valence-corrected chi connectivity index (χ2v) is 9.51. The molecule has 2 aromatic carbocycles. The van der Waals surface area contributed by atoms with Crippen molar-refractivity contribution >= 4 is 38.1 Å². The Balaban J connectivity index is 1.58. The van der Waals surface area contributed by atoms with Gasteiger partial charge in [0, 0.05) is 11.6 Å². The summed E-state index contributed by atoms with van der Waals surface area (Å²) in [5.41, 5.74) is 1.99. The molecular formula is C19H18N4O4S2. The second-order valence-electron chi connectivity index (χ2n) is 6.54. The smallest absolute Gasteiger partial charge is 0.293 e. The van der Waals surface area contributed by atoms with Gasteiger partial charge in [-0.05, 0) is 43.2 Å². The summed E-state index contributed by atoms with van der Waals surface area (Å²) in [5, 5.41) is 10.4. The number of carbonyl (C=O) groups is 1. The summed E-state index contributed by atoms with van der Waals surface area (Å²) in [6.45, 7) is 1.85. The van der Waals surface area contributed by atoms with Crippen molar-refractivity contribution in [2.24, 2.45) is 0 Å². The summed E-state index contributed by atoms with van der Waals surface area (Å²) in [6, 6.07) is 13.8. The zero-order valence-electron chi connectivity index (χ0n) is 15.7. The molecular weight excluding hydrogens is 412 g/mol. The number of anilines is 2. The minimum absolute atomic E-state index is 0.108. The van der Waals surface area contributed by atoms with Gasteiger partial charge >= 0.3 is 0 Å². The lowest BCUT2D eigenvalue weighted by Crippen LogP contribution is -2.35. The third-order valence-corrected chi connectivity index (χ3v) is 7.70. The maximum Gasteiger partial charge on any atom is 0.293 e. The molecule has 1 atom stereocenters. The van der Waals surface area contributed by atoms with Crippen molar-refractivity contribution in [1.82, 2.24) is 10.2 Å². The number of nitrogens with one attached hydrogen (secondary N) is 1. The number of para-hydroxylation sites is 1. The van der Waals surface area contributed by atoms with Gasteiger partial charge < -0.3 is 4.74 Å². The van der Waals surface area contributed by atoms with Crippen molar-refractivity contribution < 1.29 is 17.9 Å². The Labute approximate surface area is 172 Å². The Morgan fingerprint density at radius 2 is 2.00 bits per heavy atom. The highest BCUT2D eigenvalue weighted by molar-refractivity contribution is 7.94. The number of nitrogens with zero attached hydrogens (tertiary/aromatic N) is 3. The lowest BCUT2D eigenvalue weighted by atomic mass is 10.1. The molecule has 10 heteroatoms.